The van der Waals surface area contributed by atoms with Crippen molar-refractivity contribution >= 4 is 31.6 Å². The van der Waals surface area contributed by atoms with Crippen LogP contribution < -0.4 is 5.56 Å². The molecule has 1 aromatic carbocycles. The normalized spacial score (nSPS) is 15.0. The van der Waals surface area contributed by atoms with Crippen molar-refractivity contribution in [2.24, 2.45) is 0 Å². The molecule has 0 unspecified atom stereocenters. The molecule has 1 aliphatic heterocycles. The summed E-state index contributed by atoms with van der Waals surface area (Å²) in [5.74, 6) is -0.485. The van der Waals surface area contributed by atoms with Crippen molar-refractivity contribution < 1.29 is 12.8 Å². The van der Waals surface area contributed by atoms with Crippen LogP contribution >= 0.6 is 11.3 Å². The highest BCUT2D eigenvalue weighted by Gasteiger charge is 2.31. The number of hydrogen-bond acceptors (Lipinski definition) is 5. The highest BCUT2D eigenvalue weighted by molar-refractivity contribution is 7.89. The van der Waals surface area contributed by atoms with E-state index in [-0.39, 0.29) is 23.5 Å². The molecule has 2 aromatic heterocycles. The van der Waals surface area contributed by atoms with Gasteiger partial charge in [0.2, 0.25) is 10.0 Å². The Morgan fingerprint density at radius 3 is 2.74 bits per heavy atom. The van der Waals surface area contributed by atoms with Crippen molar-refractivity contribution in [3.05, 3.63) is 69.9 Å². The second kappa shape index (κ2) is 6.66. The molecule has 6 nitrogen and oxygen atoms in total. The molecule has 0 amide bonds. The van der Waals surface area contributed by atoms with Gasteiger partial charge in [-0.2, -0.15) is 4.31 Å². The zero-order chi connectivity index (χ0) is 19.2. The fourth-order valence-corrected chi connectivity index (χ4v) is 5.91. The lowest BCUT2D eigenvalue weighted by Crippen LogP contribution is -2.35. The topological polar surface area (TPSA) is 72.3 Å². The van der Waals surface area contributed by atoms with E-state index in [0.29, 0.717) is 23.2 Å². The molecule has 0 bridgehead atoms. The Kier molecular flexibility index (Phi) is 4.45. The standard InChI is InChI=1S/C18H16FN3O3S2/c1-2-8-21-11-20-17-16(18(21)23)14-7-9-22(10-15(14)26-17)27(24,25)13-5-3-12(19)4-6-13/h2-6,11H,1,7-10H2. The molecular weight excluding hydrogens is 389 g/mol. The summed E-state index contributed by atoms with van der Waals surface area (Å²) in [4.78, 5) is 18.5. The van der Waals surface area contributed by atoms with Crippen LogP contribution in [0.25, 0.3) is 10.2 Å². The fourth-order valence-electron chi connectivity index (χ4n) is 3.23. The Hall–Kier alpha value is -2.36. The van der Waals surface area contributed by atoms with E-state index in [1.807, 2.05) is 0 Å². The molecule has 3 aromatic rings. The third kappa shape index (κ3) is 3.01. The highest BCUT2D eigenvalue weighted by Crippen LogP contribution is 2.34. The first-order chi connectivity index (χ1) is 12.9. The second-order valence-electron chi connectivity index (χ2n) is 6.22. The number of hydrogen-bond donors (Lipinski definition) is 0. The summed E-state index contributed by atoms with van der Waals surface area (Å²) < 4.78 is 41.6. The van der Waals surface area contributed by atoms with E-state index in [1.54, 1.807) is 6.08 Å². The lowest BCUT2D eigenvalue weighted by Gasteiger charge is -2.26. The minimum Gasteiger partial charge on any atom is -0.295 e. The van der Waals surface area contributed by atoms with Gasteiger partial charge in [-0.1, -0.05) is 6.08 Å². The van der Waals surface area contributed by atoms with Crippen LogP contribution in [0, 0.1) is 5.82 Å². The van der Waals surface area contributed by atoms with Crippen molar-refractivity contribution in [3.63, 3.8) is 0 Å². The van der Waals surface area contributed by atoms with Gasteiger partial charge in [0.1, 0.15) is 10.6 Å². The molecule has 0 atom stereocenters. The lowest BCUT2D eigenvalue weighted by atomic mass is 10.1. The van der Waals surface area contributed by atoms with E-state index in [2.05, 4.69) is 11.6 Å². The number of sulfonamides is 1. The van der Waals surface area contributed by atoms with Crippen LogP contribution in [0.2, 0.25) is 0 Å². The molecule has 0 aliphatic carbocycles. The third-order valence-corrected chi connectivity index (χ3v) is 7.55. The molecule has 0 saturated heterocycles. The molecule has 1 aliphatic rings. The van der Waals surface area contributed by atoms with E-state index in [9.17, 15) is 17.6 Å². The lowest BCUT2D eigenvalue weighted by molar-refractivity contribution is 0.396. The molecule has 0 radical (unpaired) electrons. The molecule has 0 N–H and O–H groups in total. The Balaban J connectivity index is 1.73. The Bertz CT molecular complexity index is 1200. The smallest absolute Gasteiger partial charge is 0.262 e. The maximum Gasteiger partial charge on any atom is 0.262 e. The van der Waals surface area contributed by atoms with Crippen molar-refractivity contribution in [2.75, 3.05) is 6.54 Å². The number of allylic oxidation sites excluding steroid dienone is 1. The summed E-state index contributed by atoms with van der Waals surface area (Å²) in [5.41, 5.74) is 0.740. The summed E-state index contributed by atoms with van der Waals surface area (Å²) in [5, 5.41) is 0.568. The summed E-state index contributed by atoms with van der Waals surface area (Å²) in [6, 6.07) is 4.79. The molecular formula is C18H16FN3O3S2. The predicted octanol–water partition coefficient (Wildman–Crippen LogP) is 2.53. The fraction of sp³-hybridized carbons (Fsp3) is 0.222. The highest BCUT2D eigenvalue weighted by atomic mass is 32.2. The zero-order valence-electron chi connectivity index (χ0n) is 14.3. The number of halogens is 1. The third-order valence-electron chi connectivity index (χ3n) is 4.57. The van der Waals surface area contributed by atoms with Crippen LogP contribution in [-0.2, 0) is 29.5 Å². The van der Waals surface area contributed by atoms with Gasteiger partial charge in [-0.05, 0) is 36.2 Å². The Labute approximate surface area is 159 Å². The molecule has 9 heteroatoms. The van der Waals surface area contributed by atoms with E-state index in [0.717, 1.165) is 22.6 Å². The number of nitrogens with zero attached hydrogens (tertiary/aromatic N) is 3. The molecule has 3 heterocycles. The first-order valence-corrected chi connectivity index (χ1v) is 10.5. The number of aromatic nitrogens is 2. The summed E-state index contributed by atoms with van der Waals surface area (Å²) in [6.45, 7) is 4.45. The molecule has 27 heavy (non-hydrogen) atoms. The molecule has 0 spiro atoms. The predicted molar refractivity (Wildman–Crippen MR) is 102 cm³/mol. The van der Waals surface area contributed by atoms with Gasteiger partial charge in [0.15, 0.2) is 0 Å². The van der Waals surface area contributed by atoms with Crippen LogP contribution in [0.4, 0.5) is 4.39 Å². The van der Waals surface area contributed by atoms with E-state index in [1.165, 1.54) is 38.7 Å². The summed E-state index contributed by atoms with van der Waals surface area (Å²) in [6.07, 6.45) is 3.55. The molecule has 140 valence electrons. The quantitative estimate of drug-likeness (QED) is 0.626. The Morgan fingerprint density at radius 2 is 2.04 bits per heavy atom. The molecule has 4 rings (SSSR count). The SMILES string of the molecule is C=CCn1cnc2sc3c(c2c1=O)CCN(S(=O)(=O)c1ccc(F)cc1)C3. The molecule has 0 saturated carbocycles. The second-order valence-corrected chi connectivity index (χ2v) is 9.24. The van der Waals surface area contributed by atoms with Crippen LogP contribution in [0.1, 0.15) is 10.4 Å². The van der Waals surface area contributed by atoms with Crippen molar-refractivity contribution in [1.82, 2.24) is 13.9 Å². The van der Waals surface area contributed by atoms with Crippen LogP contribution in [0.15, 0.2) is 52.9 Å². The average molecular weight is 405 g/mol. The number of benzene rings is 1. The van der Waals surface area contributed by atoms with Crippen LogP contribution in [0.5, 0.6) is 0 Å². The summed E-state index contributed by atoms with van der Waals surface area (Å²) >= 11 is 1.34. The van der Waals surface area contributed by atoms with Gasteiger partial charge < -0.3 is 0 Å². The van der Waals surface area contributed by atoms with Gasteiger partial charge in [0.05, 0.1) is 16.6 Å². The average Bonchev–Trinajstić information content (AvgIpc) is 3.03. The number of rotatable bonds is 4. The van der Waals surface area contributed by atoms with Crippen molar-refractivity contribution in [1.29, 1.82) is 0 Å². The number of thiophene rings is 1. The van der Waals surface area contributed by atoms with Crippen LogP contribution in [0.3, 0.4) is 0 Å². The minimum atomic E-state index is -3.73. The van der Waals surface area contributed by atoms with Gasteiger partial charge in [0, 0.05) is 24.5 Å². The first kappa shape index (κ1) is 18.0. The monoisotopic (exact) mass is 405 g/mol. The van der Waals surface area contributed by atoms with Gasteiger partial charge in [0.25, 0.3) is 5.56 Å². The van der Waals surface area contributed by atoms with E-state index in [4.69, 9.17) is 0 Å². The minimum absolute atomic E-state index is 0.0555. The number of fused-ring (bicyclic) bond motifs is 3. The van der Waals surface area contributed by atoms with Gasteiger partial charge in [-0.25, -0.2) is 17.8 Å². The zero-order valence-corrected chi connectivity index (χ0v) is 15.9. The van der Waals surface area contributed by atoms with E-state index < -0.39 is 15.8 Å². The van der Waals surface area contributed by atoms with Gasteiger partial charge >= 0.3 is 0 Å². The molecule has 0 fully saturated rings. The maximum atomic E-state index is 13.1. The van der Waals surface area contributed by atoms with E-state index >= 15 is 0 Å². The van der Waals surface area contributed by atoms with Crippen molar-refractivity contribution in [3.8, 4) is 0 Å². The van der Waals surface area contributed by atoms with Gasteiger partial charge in [-0.3, -0.25) is 9.36 Å². The maximum absolute atomic E-state index is 13.1. The summed E-state index contributed by atoms with van der Waals surface area (Å²) in [7, 11) is -3.73. The van der Waals surface area contributed by atoms with Crippen LogP contribution in [-0.4, -0.2) is 28.8 Å². The first-order valence-electron chi connectivity index (χ1n) is 8.28. The Morgan fingerprint density at radius 1 is 1.30 bits per heavy atom. The largest absolute Gasteiger partial charge is 0.295 e. The van der Waals surface area contributed by atoms with Gasteiger partial charge in [-0.15, -0.1) is 17.9 Å². The van der Waals surface area contributed by atoms with Crippen molar-refractivity contribution in [2.45, 2.75) is 24.4 Å².